The zero-order chi connectivity index (χ0) is 11.8. The van der Waals surface area contributed by atoms with Crippen LogP contribution in [0.4, 0.5) is 4.39 Å². The van der Waals surface area contributed by atoms with E-state index < -0.39 is 5.95 Å². The lowest BCUT2D eigenvalue weighted by Gasteiger charge is -2.06. The van der Waals surface area contributed by atoms with Crippen molar-refractivity contribution in [2.75, 3.05) is 26.9 Å². The molecule has 1 amide bonds. The number of ether oxygens (including phenoxy) is 2. The first kappa shape index (κ1) is 12.4. The molecule has 1 aromatic rings. The second-order valence-electron chi connectivity index (χ2n) is 2.92. The van der Waals surface area contributed by atoms with Crippen molar-refractivity contribution in [1.29, 1.82) is 0 Å². The predicted molar refractivity (Wildman–Crippen MR) is 54.6 cm³/mol. The van der Waals surface area contributed by atoms with Gasteiger partial charge in [0.05, 0.1) is 6.61 Å². The van der Waals surface area contributed by atoms with Crippen LogP contribution in [0.25, 0.3) is 0 Å². The molecule has 5 nitrogen and oxygen atoms in total. The second kappa shape index (κ2) is 6.73. The summed E-state index contributed by atoms with van der Waals surface area (Å²) >= 11 is 0. The molecule has 0 saturated carbocycles. The minimum atomic E-state index is -0.729. The first-order valence-corrected chi connectivity index (χ1v) is 4.73. The molecule has 0 aliphatic carbocycles. The third-order valence-corrected chi connectivity index (χ3v) is 1.71. The Hall–Kier alpha value is -1.69. The van der Waals surface area contributed by atoms with Crippen LogP contribution >= 0.6 is 0 Å². The van der Waals surface area contributed by atoms with E-state index in [1.54, 1.807) is 0 Å². The van der Waals surface area contributed by atoms with Gasteiger partial charge in [0.15, 0.2) is 12.4 Å². The number of nitrogens with one attached hydrogen (secondary N) is 1. The van der Waals surface area contributed by atoms with Crippen LogP contribution in [0.2, 0.25) is 0 Å². The van der Waals surface area contributed by atoms with Gasteiger partial charge in [-0.15, -0.1) is 0 Å². The molecule has 0 spiro atoms. The van der Waals surface area contributed by atoms with Crippen LogP contribution in [0.15, 0.2) is 18.3 Å². The van der Waals surface area contributed by atoms with Gasteiger partial charge in [-0.25, -0.2) is 4.98 Å². The number of carbonyl (C=O) groups excluding carboxylic acids is 1. The van der Waals surface area contributed by atoms with E-state index in [9.17, 15) is 9.18 Å². The summed E-state index contributed by atoms with van der Waals surface area (Å²) in [6.45, 7) is 0.577. The molecule has 0 aromatic carbocycles. The molecule has 1 heterocycles. The number of halogens is 1. The van der Waals surface area contributed by atoms with Gasteiger partial charge in [0.25, 0.3) is 11.9 Å². The molecule has 16 heavy (non-hydrogen) atoms. The highest BCUT2D eigenvalue weighted by atomic mass is 19.1. The Kier molecular flexibility index (Phi) is 5.21. The Bertz CT molecular complexity index is 347. The number of nitrogens with zero attached hydrogens (tertiary/aromatic N) is 1. The smallest absolute Gasteiger partial charge is 0.258 e. The summed E-state index contributed by atoms with van der Waals surface area (Å²) in [5.41, 5.74) is 0. The third-order valence-electron chi connectivity index (χ3n) is 1.71. The fourth-order valence-electron chi connectivity index (χ4n) is 0.966. The quantitative estimate of drug-likeness (QED) is 0.564. The molecule has 0 aliphatic rings. The van der Waals surface area contributed by atoms with Crippen LogP contribution in [0.3, 0.4) is 0 Å². The number of aromatic nitrogens is 1. The fourth-order valence-corrected chi connectivity index (χ4v) is 0.966. The highest BCUT2D eigenvalue weighted by Crippen LogP contribution is 2.12. The van der Waals surface area contributed by atoms with Crippen LogP contribution in [0, 0.1) is 5.95 Å². The Morgan fingerprint density at radius 2 is 2.44 bits per heavy atom. The number of methoxy groups -OCH3 is 1. The van der Waals surface area contributed by atoms with Gasteiger partial charge in [-0.05, 0) is 12.1 Å². The topological polar surface area (TPSA) is 60.5 Å². The van der Waals surface area contributed by atoms with E-state index in [2.05, 4.69) is 10.3 Å². The fraction of sp³-hybridized carbons (Fsp3) is 0.400. The predicted octanol–water partition coefficient (Wildman–Crippen LogP) is 0.362. The zero-order valence-electron chi connectivity index (χ0n) is 8.90. The minimum Gasteiger partial charge on any atom is -0.479 e. The van der Waals surface area contributed by atoms with Crippen LogP contribution in [-0.4, -0.2) is 37.8 Å². The average Bonchev–Trinajstić information content (AvgIpc) is 2.28. The van der Waals surface area contributed by atoms with Crippen LogP contribution in [0.1, 0.15) is 0 Å². The maximum atomic E-state index is 13.0. The summed E-state index contributed by atoms with van der Waals surface area (Å²) in [6.07, 6.45) is 1.31. The van der Waals surface area contributed by atoms with Crippen molar-refractivity contribution in [3.8, 4) is 5.75 Å². The van der Waals surface area contributed by atoms with Crippen molar-refractivity contribution >= 4 is 5.91 Å². The van der Waals surface area contributed by atoms with E-state index in [1.807, 2.05) is 0 Å². The van der Waals surface area contributed by atoms with Crippen LogP contribution in [0.5, 0.6) is 5.75 Å². The Morgan fingerprint density at radius 1 is 1.62 bits per heavy atom. The summed E-state index contributed by atoms with van der Waals surface area (Å²) in [7, 11) is 1.54. The van der Waals surface area contributed by atoms with Crippen LogP contribution < -0.4 is 10.1 Å². The summed E-state index contributed by atoms with van der Waals surface area (Å²) in [4.78, 5) is 14.6. The van der Waals surface area contributed by atoms with E-state index in [0.29, 0.717) is 13.2 Å². The van der Waals surface area contributed by atoms with Crippen molar-refractivity contribution in [1.82, 2.24) is 10.3 Å². The molecule has 0 radical (unpaired) electrons. The highest BCUT2D eigenvalue weighted by molar-refractivity contribution is 5.77. The largest absolute Gasteiger partial charge is 0.479 e. The number of amides is 1. The first-order chi connectivity index (χ1) is 7.74. The maximum absolute atomic E-state index is 13.0. The van der Waals surface area contributed by atoms with Gasteiger partial charge in [-0.1, -0.05) is 0 Å². The van der Waals surface area contributed by atoms with Crippen LogP contribution in [-0.2, 0) is 9.53 Å². The lowest BCUT2D eigenvalue weighted by atomic mass is 10.4. The maximum Gasteiger partial charge on any atom is 0.258 e. The van der Waals surface area contributed by atoms with Crippen molar-refractivity contribution in [2.45, 2.75) is 0 Å². The Morgan fingerprint density at radius 3 is 3.12 bits per heavy atom. The molecule has 0 fully saturated rings. The molecule has 0 unspecified atom stereocenters. The second-order valence-corrected chi connectivity index (χ2v) is 2.92. The van der Waals surface area contributed by atoms with Crippen molar-refractivity contribution in [2.24, 2.45) is 0 Å². The van der Waals surface area contributed by atoms with E-state index in [4.69, 9.17) is 9.47 Å². The van der Waals surface area contributed by atoms with Crippen molar-refractivity contribution in [3.05, 3.63) is 24.3 Å². The minimum absolute atomic E-state index is 0.0376. The molecule has 0 bridgehead atoms. The summed E-state index contributed by atoms with van der Waals surface area (Å²) in [6, 6.07) is 2.94. The number of pyridine rings is 1. The Labute approximate surface area is 92.6 Å². The number of rotatable bonds is 6. The monoisotopic (exact) mass is 228 g/mol. The van der Waals surface area contributed by atoms with Gasteiger partial charge in [0, 0.05) is 19.9 Å². The molecular formula is C10H13FN2O3. The van der Waals surface area contributed by atoms with Gasteiger partial charge in [0.1, 0.15) is 0 Å². The molecule has 6 heteroatoms. The van der Waals surface area contributed by atoms with E-state index >= 15 is 0 Å². The average molecular weight is 228 g/mol. The van der Waals surface area contributed by atoms with Crippen molar-refractivity contribution < 1.29 is 18.7 Å². The van der Waals surface area contributed by atoms with Gasteiger partial charge < -0.3 is 14.8 Å². The summed E-state index contributed by atoms with van der Waals surface area (Å²) in [5.74, 6) is -1.10. The number of carbonyl (C=O) groups is 1. The Balaban J connectivity index is 2.29. The standard InChI is InChI=1S/C10H13FN2O3/c1-15-6-5-12-9(14)7-16-8-3-2-4-13-10(8)11/h2-4H,5-7H2,1H3,(H,12,14). The third kappa shape index (κ3) is 4.22. The molecule has 0 aliphatic heterocycles. The normalized spacial score (nSPS) is 9.88. The molecule has 1 N–H and O–H groups in total. The molecule has 0 saturated heterocycles. The SMILES string of the molecule is COCCNC(=O)COc1cccnc1F. The molecular weight excluding hydrogens is 215 g/mol. The van der Waals surface area contributed by atoms with Gasteiger partial charge in [-0.3, -0.25) is 4.79 Å². The molecule has 1 aromatic heterocycles. The van der Waals surface area contributed by atoms with E-state index in [0.717, 1.165) is 0 Å². The molecule has 0 atom stereocenters. The lowest BCUT2D eigenvalue weighted by Crippen LogP contribution is -2.31. The highest BCUT2D eigenvalue weighted by Gasteiger charge is 2.06. The van der Waals surface area contributed by atoms with E-state index in [-0.39, 0.29) is 18.3 Å². The lowest BCUT2D eigenvalue weighted by molar-refractivity contribution is -0.123. The van der Waals surface area contributed by atoms with Gasteiger partial charge in [0.2, 0.25) is 0 Å². The molecule has 88 valence electrons. The first-order valence-electron chi connectivity index (χ1n) is 4.73. The van der Waals surface area contributed by atoms with Gasteiger partial charge >= 0.3 is 0 Å². The summed E-state index contributed by atoms with van der Waals surface area (Å²) < 4.78 is 22.6. The number of hydrogen-bond donors (Lipinski definition) is 1. The summed E-state index contributed by atoms with van der Waals surface area (Å²) in [5, 5.41) is 2.54. The van der Waals surface area contributed by atoms with Gasteiger partial charge in [-0.2, -0.15) is 4.39 Å². The number of hydrogen-bond acceptors (Lipinski definition) is 4. The zero-order valence-corrected chi connectivity index (χ0v) is 8.90. The van der Waals surface area contributed by atoms with E-state index in [1.165, 1.54) is 25.4 Å². The van der Waals surface area contributed by atoms with Crippen molar-refractivity contribution in [3.63, 3.8) is 0 Å². The molecule has 1 rings (SSSR count).